The molecule has 130 valence electrons. The fourth-order valence-corrected chi connectivity index (χ4v) is 2.46. The molecule has 1 atom stereocenters. The van der Waals surface area contributed by atoms with E-state index in [-0.39, 0.29) is 17.9 Å². The molecule has 2 heterocycles. The standard InChI is InChI=1S/C18H20N4O3/c23-17(22-15-5-7-19-8-6-15)14-3-1-13(2-4-14)11-21-18(24)16-12-25-10-9-20-16/h1-8,16,20H,9-12H2,(H,21,24)(H,19,22,23). The third-order valence-electron chi connectivity index (χ3n) is 3.86. The lowest BCUT2D eigenvalue weighted by Crippen LogP contribution is -2.51. The SMILES string of the molecule is O=C(Nc1ccncc1)c1ccc(CNC(=O)C2COCCN2)cc1. The van der Waals surface area contributed by atoms with Crippen molar-refractivity contribution in [3.8, 4) is 0 Å². The van der Waals surface area contributed by atoms with Crippen molar-refractivity contribution < 1.29 is 14.3 Å². The van der Waals surface area contributed by atoms with E-state index < -0.39 is 0 Å². The molecule has 0 radical (unpaired) electrons. The van der Waals surface area contributed by atoms with Crippen molar-refractivity contribution >= 4 is 17.5 Å². The van der Waals surface area contributed by atoms with Crippen molar-refractivity contribution in [2.45, 2.75) is 12.6 Å². The van der Waals surface area contributed by atoms with Gasteiger partial charge in [-0.25, -0.2) is 0 Å². The maximum absolute atomic E-state index is 12.2. The molecule has 3 N–H and O–H groups in total. The van der Waals surface area contributed by atoms with Crippen LogP contribution in [0.5, 0.6) is 0 Å². The predicted octanol–water partition coefficient (Wildman–Crippen LogP) is 0.938. The van der Waals surface area contributed by atoms with Gasteiger partial charge in [0, 0.05) is 36.7 Å². The highest BCUT2D eigenvalue weighted by Gasteiger charge is 2.20. The number of morpholine rings is 1. The molecule has 1 fully saturated rings. The van der Waals surface area contributed by atoms with Gasteiger partial charge in [0.25, 0.3) is 5.91 Å². The molecule has 3 rings (SSSR count). The van der Waals surface area contributed by atoms with Gasteiger partial charge in [-0.3, -0.25) is 14.6 Å². The minimum absolute atomic E-state index is 0.0841. The van der Waals surface area contributed by atoms with Crippen molar-refractivity contribution in [1.29, 1.82) is 0 Å². The zero-order valence-corrected chi connectivity index (χ0v) is 13.7. The number of benzene rings is 1. The van der Waals surface area contributed by atoms with Gasteiger partial charge in [0.2, 0.25) is 5.91 Å². The molecule has 25 heavy (non-hydrogen) atoms. The highest BCUT2D eigenvalue weighted by atomic mass is 16.5. The van der Waals surface area contributed by atoms with E-state index in [1.165, 1.54) is 0 Å². The zero-order chi connectivity index (χ0) is 17.5. The lowest BCUT2D eigenvalue weighted by Gasteiger charge is -2.22. The predicted molar refractivity (Wildman–Crippen MR) is 93.1 cm³/mol. The fourth-order valence-electron chi connectivity index (χ4n) is 2.46. The number of nitrogens with zero attached hydrogens (tertiary/aromatic N) is 1. The Hall–Kier alpha value is -2.77. The van der Waals surface area contributed by atoms with Crippen LogP contribution in [0.3, 0.4) is 0 Å². The van der Waals surface area contributed by atoms with E-state index in [1.807, 2.05) is 12.1 Å². The summed E-state index contributed by atoms with van der Waals surface area (Å²) >= 11 is 0. The molecule has 0 aliphatic carbocycles. The number of hydrogen-bond donors (Lipinski definition) is 3. The molecule has 0 bridgehead atoms. The first kappa shape index (κ1) is 17.1. The minimum atomic E-state index is -0.306. The van der Waals surface area contributed by atoms with Crippen LogP contribution in [0.1, 0.15) is 15.9 Å². The van der Waals surface area contributed by atoms with Crippen LogP contribution in [0.2, 0.25) is 0 Å². The Labute approximate surface area is 145 Å². The van der Waals surface area contributed by atoms with E-state index in [9.17, 15) is 9.59 Å². The van der Waals surface area contributed by atoms with Gasteiger partial charge in [0.1, 0.15) is 6.04 Å². The second kappa shape index (κ2) is 8.36. The quantitative estimate of drug-likeness (QED) is 0.753. The molecule has 1 saturated heterocycles. The van der Waals surface area contributed by atoms with Crippen molar-refractivity contribution in [2.24, 2.45) is 0 Å². The monoisotopic (exact) mass is 340 g/mol. The molecular formula is C18H20N4O3. The summed E-state index contributed by atoms with van der Waals surface area (Å²) in [7, 11) is 0. The largest absolute Gasteiger partial charge is 0.378 e. The van der Waals surface area contributed by atoms with Gasteiger partial charge in [-0.2, -0.15) is 0 Å². The van der Waals surface area contributed by atoms with Crippen molar-refractivity contribution in [3.63, 3.8) is 0 Å². The van der Waals surface area contributed by atoms with Crippen LogP contribution in [0.25, 0.3) is 0 Å². The number of amides is 2. The van der Waals surface area contributed by atoms with Crippen LogP contribution in [0.4, 0.5) is 5.69 Å². The summed E-state index contributed by atoms with van der Waals surface area (Å²) in [6, 6.07) is 10.3. The Morgan fingerprint density at radius 3 is 2.60 bits per heavy atom. The average molecular weight is 340 g/mol. The Morgan fingerprint density at radius 1 is 1.16 bits per heavy atom. The third kappa shape index (κ3) is 4.85. The van der Waals surface area contributed by atoms with Gasteiger partial charge < -0.3 is 20.7 Å². The Kier molecular flexibility index (Phi) is 5.71. The molecule has 1 aliphatic rings. The molecule has 7 nitrogen and oxygen atoms in total. The molecule has 0 spiro atoms. The van der Waals surface area contributed by atoms with Gasteiger partial charge in [-0.1, -0.05) is 12.1 Å². The van der Waals surface area contributed by atoms with E-state index in [0.717, 1.165) is 5.56 Å². The summed E-state index contributed by atoms with van der Waals surface area (Å²) in [5.41, 5.74) is 2.17. The lowest BCUT2D eigenvalue weighted by molar-refractivity contribution is -0.126. The Morgan fingerprint density at radius 2 is 1.92 bits per heavy atom. The van der Waals surface area contributed by atoms with Crippen LogP contribution in [-0.2, 0) is 16.1 Å². The summed E-state index contributed by atoms with van der Waals surface area (Å²) < 4.78 is 5.27. The topological polar surface area (TPSA) is 92.4 Å². The summed E-state index contributed by atoms with van der Waals surface area (Å²) in [4.78, 5) is 28.1. The van der Waals surface area contributed by atoms with Crippen LogP contribution < -0.4 is 16.0 Å². The Balaban J connectivity index is 1.51. The van der Waals surface area contributed by atoms with E-state index in [1.54, 1.807) is 36.7 Å². The fraction of sp³-hybridized carbons (Fsp3) is 0.278. The molecule has 1 aromatic heterocycles. The van der Waals surface area contributed by atoms with Crippen LogP contribution in [-0.4, -0.2) is 42.6 Å². The number of carbonyl (C=O) groups is 2. The highest BCUT2D eigenvalue weighted by Crippen LogP contribution is 2.09. The second-order valence-corrected chi connectivity index (χ2v) is 5.69. The van der Waals surface area contributed by atoms with Crippen molar-refractivity contribution in [2.75, 3.05) is 25.1 Å². The first-order valence-electron chi connectivity index (χ1n) is 8.11. The summed E-state index contributed by atoms with van der Waals surface area (Å²) in [6.07, 6.45) is 3.24. The number of nitrogens with one attached hydrogen (secondary N) is 3. The summed E-state index contributed by atoms with van der Waals surface area (Å²) in [5, 5.41) is 8.78. The smallest absolute Gasteiger partial charge is 0.255 e. The molecule has 1 unspecified atom stereocenters. The molecular weight excluding hydrogens is 320 g/mol. The van der Waals surface area contributed by atoms with Crippen LogP contribution in [0, 0.1) is 0 Å². The maximum Gasteiger partial charge on any atom is 0.255 e. The second-order valence-electron chi connectivity index (χ2n) is 5.69. The maximum atomic E-state index is 12.2. The van der Waals surface area contributed by atoms with Gasteiger partial charge in [-0.05, 0) is 29.8 Å². The number of pyridine rings is 1. The van der Waals surface area contributed by atoms with E-state index >= 15 is 0 Å². The number of rotatable bonds is 5. The van der Waals surface area contributed by atoms with Gasteiger partial charge in [0.15, 0.2) is 0 Å². The third-order valence-corrected chi connectivity index (χ3v) is 3.86. The van der Waals surface area contributed by atoms with E-state index in [4.69, 9.17) is 4.74 Å². The van der Waals surface area contributed by atoms with Crippen molar-refractivity contribution in [1.82, 2.24) is 15.6 Å². The number of carbonyl (C=O) groups excluding carboxylic acids is 2. The first-order valence-corrected chi connectivity index (χ1v) is 8.11. The number of aromatic nitrogens is 1. The number of anilines is 1. The molecule has 1 aromatic carbocycles. The molecule has 0 saturated carbocycles. The summed E-state index contributed by atoms with van der Waals surface area (Å²) in [6.45, 7) is 2.11. The van der Waals surface area contributed by atoms with Gasteiger partial charge >= 0.3 is 0 Å². The molecule has 2 aromatic rings. The van der Waals surface area contributed by atoms with Gasteiger partial charge in [0.05, 0.1) is 13.2 Å². The first-order chi connectivity index (χ1) is 12.2. The highest BCUT2D eigenvalue weighted by molar-refractivity contribution is 6.04. The number of hydrogen-bond acceptors (Lipinski definition) is 5. The van der Waals surface area contributed by atoms with E-state index in [2.05, 4.69) is 20.9 Å². The van der Waals surface area contributed by atoms with E-state index in [0.29, 0.717) is 37.6 Å². The zero-order valence-electron chi connectivity index (χ0n) is 13.7. The normalized spacial score (nSPS) is 16.9. The lowest BCUT2D eigenvalue weighted by atomic mass is 10.1. The average Bonchev–Trinajstić information content (AvgIpc) is 2.68. The molecule has 2 amide bonds. The minimum Gasteiger partial charge on any atom is -0.378 e. The molecule has 7 heteroatoms. The summed E-state index contributed by atoms with van der Waals surface area (Å²) in [5.74, 6) is -0.274. The van der Waals surface area contributed by atoms with Crippen LogP contribution >= 0.6 is 0 Å². The Bertz CT molecular complexity index is 713. The van der Waals surface area contributed by atoms with Gasteiger partial charge in [-0.15, -0.1) is 0 Å². The van der Waals surface area contributed by atoms with Crippen LogP contribution in [0.15, 0.2) is 48.8 Å². The molecule has 1 aliphatic heterocycles. The number of ether oxygens (including phenoxy) is 1. The van der Waals surface area contributed by atoms with Crippen molar-refractivity contribution in [3.05, 3.63) is 59.9 Å².